The van der Waals surface area contributed by atoms with Gasteiger partial charge in [-0.3, -0.25) is 4.79 Å². The van der Waals surface area contributed by atoms with Gasteiger partial charge in [0.25, 0.3) is 5.91 Å². The van der Waals surface area contributed by atoms with Crippen LogP contribution in [0.15, 0.2) is 0 Å². The molecule has 2 fully saturated rings. The van der Waals surface area contributed by atoms with E-state index in [1.54, 1.807) is 11.8 Å². The Morgan fingerprint density at radius 1 is 1.43 bits per heavy atom. The third-order valence-electron chi connectivity index (χ3n) is 2.73. The molecule has 0 radical (unpaired) electrons. The fourth-order valence-corrected chi connectivity index (χ4v) is 4.31. The summed E-state index contributed by atoms with van der Waals surface area (Å²) in [6, 6.07) is 0. The largest absolute Gasteiger partial charge is 0.304 e. The Kier molecular flexibility index (Phi) is 2.28. The van der Waals surface area contributed by atoms with Crippen molar-refractivity contribution in [3.63, 3.8) is 0 Å². The minimum absolute atomic E-state index is 0.308. The number of hydrogen-bond donors (Lipinski definition) is 1. The van der Waals surface area contributed by atoms with Gasteiger partial charge in [0.1, 0.15) is 5.54 Å². The summed E-state index contributed by atoms with van der Waals surface area (Å²) < 4.78 is 26.2. The average molecular weight is 236 g/mol. The zero-order chi connectivity index (χ0) is 10.4. The monoisotopic (exact) mass is 236 g/mol. The number of amides is 1. The van der Waals surface area contributed by atoms with Crippen molar-refractivity contribution >= 4 is 27.9 Å². The molecule has 14 heavy (non-hydrogen) atoms. The second kappa shape index (κ2) is 3.11. The van der Waals surface area contributed by atoms with E-state index in [0.29, 0.717) is 12.8 Å². The van der Waals surface area contributed by atoms with Gasteiger partial charge in [0, 0.05) is 7.05 Å². The molecule has 0 bridgehead atoms. The zero-order valence-corrected chi connectivity index (χ0v) is 9.45. The van der Waals surface area contributed by atoms with Gasteiger partial charge in [-0.25, -0.2) is 4.31 Å². The maximum Gasteiger partial charge on any atom is 0.304 e. The van der Waals surface area contributed by atoms with Crippen molar-refractivity contribution in [3.8, 4) is 0 Å². The van der Waals surface area contributed by atoms with Gasteiger partial charge in [-0.1, -0.05) is 0 Å². The smallest absolute Gasteiger partial charge is 0.272 e. The lowest BCUT2D eigenvalue weighted by molar-refractivity contribution is -0.130. The second-order valence-electron chi connectivity index (χ2n) is 3.57. The predicted octanol–water partition coefficient (Wildman–Crippen LogP) is -0.441. The minimum atomic E-state index is -3.56. The van der Waals surface area contributed by atoms with Gasteiger partial charge in [0.15, 0.2) is 0 Å². The topological polar surface area (TPSA) is 66.5 Å². The molecule has 2 rings (SSSR count). The van der Waals surface area contributed by atoms with Crippen molar-refractivity contribution in [1.29, 1.82) is 0 Å². The van der Waals surface area contributed by atoms with E-state index >= 15 is 0 Å². The zero-order valence-electron chi connectivity index (χ0n) is 7.82. The van der Waals surface area contributed by atoms with Crippen LogP contribution in [0.5, 0.6) is 0 Å². The van der Waals surface area contributed by atoms with E-state index in [1.807, 2.05) is 0 Å². The van der Waals surface area contributed by atoms with Crippen LogP contribution in [0.25, 0.3) is 0 Å². The van der Waals surface area contributed by atoms with Crippen molar-refractivity contribution in [2.24, 2.45) is 0 Å². The number of rotatable bonds is 0. The van der Waals surface area contributed by atoms with E-state index < -0.39 is 15.7 Å². The molecular weight excluding hydrogens is 224 g/mol. The number of likely N-dealkylation sites (N-methyl/N-ethyl adjacent to an activating group) is 1. The van der Waals surface area contributed by atoms with E-state index in [1.165, 1.54) is 7.05 Å². The molecule has 2 aliphatic rings. The summed E-state index contributed by atoms with van der Waals surface area (Å²) in [7, 11) is -2.25. The van der Waals surface area contributed by atoms with Crippen LogP contribution in [0, 0.1) is 0 Å². The van der Waals surface area contributed by atoms with E-state index in [0.717, 1.165) is 15.8 Å². The number of hydrogen-bond acceptors (Lipinski definition) is 4. The van der Waals surface area contributed by atoms with E-state index in [-0.39, 0.29) is 5.91 Å². The predicted molar refractivity (Wildman–Crippen MR) is 54.1 cm³/mol. The molecule has 0 aromatic carbocycles. The molecule has 1 spiro atoms. The Bertz CT molecular complexity index is 359. The van der Waals surface area contributed by atoms with Crippen molar-refractivity contribution in [2.45, 2.75) is 18.4 Å². The maximum absolute atomic E-state index is 11.8. The first-order chi connectivity index (χ1) is 6.48. The molecule has 7 heteroatoms. The maximum atomic E-state index is 11.8. The lowest BCUT2D eigenvalue weighted by atomic mass is 9.93. The molecule has 0 saturated carbocycles. The molecule has 2 saturated heterocycles. The first-order valence-corrected chi connectivity index (χ1v) is 6.97. The molecular formula is C7H12N2O3S2. The molecule has 0 aliphatic carbocycles. The molecule has 1 amide bonds. The van der Waals surface area contributed by atoms with Gasteiger partial charge < -0.3 is 0 Å². The molecule has 2 aliphatic heterocycles. The van der Waals surface area contributed by atoms with Crippen LogP contribution in [0.2, 0.25) is 0 Å². The Hall–Kier alpha value is -0.270. The third-order valence-corrected chi connectivity index (χ3v) is 5.25. The van der Waals surface area contributed by atoms with E-state index in [9.17, 15) is 13.2 Å². The molecule has 5 nitrogen and oxygen atoms in total. The molecule has 0 aromatic rings. The van der Waals surface area contributed by atoms with Crippen LogP contribution in [-0.2, 0) is 15.0 Å². The van der Waals surface area contributed by atoms with Gasteiger partial charge in [-0.05, 0) is 24.3 Å². The number of carbonyl (C=O) groups excluding carboxylic acids is 1. The lowest BCUT2D eigenvalue weighted by Gasteiger charge is -2.28. The average Bonchev–Trinajstić information content (AvgIpc) is 2.29. The summed E-state index contributed by atoms with van der Waals surface area (Å²) >= 11 is 1.75. The van der Waals surface area contributed by atoms with Crippen molar-refractivity contribution in [2.75, 3.05) is 18.6 Å². The summed E-state index contributed by atoms with van der Waals surface area (Å²) in [6.07, 6.45) is 1.19. The highest BCUT2D eigenvalue weighted by molar-refractivity contribution is 7.99. The number of nitrogens with one attached hydrogen (secondary N) is 1. The van der Waals surface area contributed by atoms with Crippen LogP contribution in [0.3, 0.4) is 0 Å². The van der Waals surface area contributed by atoms with Crippen LogP contribution < -0.4 is 4.72 Å². The minimum Gasteiger partial charge on any atom is -0.272 e. The van der Waals surface area contributed by atoms with Gasteiger partial charge in [0.2, 0.25) is 0 Å². The van der Waals surface area contributed by atoms with Crippen molar-refractivity contribution in [3.05, 3.63) is 0 Å². The quantitative estimate of drug-likeness (QED) is 0.619. The van der Waals surface area contributed by atoms with Gasteiger partial charge in [0.05, 0.1) is 0 Å². The first-order valence-electron chi connectivity index (χ1n) is 4.38. The molecule has 1 N–H and O–H groups in total. The lowest BCUT2D eigenvalue weighted by Crippen LogP contribution is -2.49. The third kappa shape index (κ3) is 1.34. The first kappa shape index (κ1) is 10.3. The van der Waals surface area contributed by atoms with Crippen LogP contribution in [0.1, 0.15) is 12.8 Å². The Morgan fingerprint density at radius 3 is 2.43 bits per heavy atom. The standard InChI is InChI=1S/C7H12N2O3S2/c1-9-6(10)7(8-14(9,11)12)2-4-13-5-3-7/h8H,2-5H2,1H3. The molecule has 0 atom stereocenters. The summed E-state index contributed by atoms with van der Waals surface area (Å²) in [5.74, 6) is 1.36. The Balaban J connectivity index is 2.35. The molecule has 0 aromatic heterocycles. The summed E-state index contributed by atoms with van der Waals surface area (Å²) in [5.41, 5.74) is -0.834. The second-order valence-corrected chi connectivity index (χ2v) is 6.50. The summed E-state index contributed by atoms with van der Waals surface area (Å²) in [6.45, 7) is 0. The highest BCUT2D eigenvalue weighted by Crippen LogP contribution is 2.33. The summed E-state index contributed by atoms with van der Waals surface area (Å²) in [5, 5.41) is 0. The van der Waals surface area contributed by atoms with Crippen molar-refractivity contribution < 1.29 is 13.2 Å². The van der Waals surface area contributed by atoms with Crippen LogP contribution in [0.4, 0.5) is 0 Å². The van der Waals surface area contributed by atoms with E-state index in [2.05, 4.69) is 4.72 Å². The Labute approximate surface area is 87.4 Å². The highest BCUT2D eigenvalue weighted by atomic mass is 32.2. The molecule has 80 valence electrons. The SMILES string of the molecule is CN1C(=O)C2(CCSCC2)NS1(=O)=O. The number of nitrogens with zero attached hydrogens (tertiary/aromatic N) is 1. The van der Waals surface area contributed by atoms with E-state index in [4.69, 9.17) is 0 Å². The van der Waals surface area contributed by atoms with Crippen LogP contribution in [-0.4, -0.2) is 42.7 Å². The normalized spacial score (nSPS) is 29.8. The van der Waals surface area contributed by atoms with Crippen molar-refractivity contribution in [1.82, 2.24) is 9.03 Å². The summed E-state index contributed by atoms with van der Waals surface area (Å²) in [4.78, 5) is 11.8. The number of thioether (sulfide) groups is 1. The van der Waals surface area contributed by atoms with Gasteiger partial charge >= 0.3 is 10.2 Å². The fraction of sp³-hybridized carbons (Fsp3) is 0.857. The Morgan fingerprint density at radius 2 is 2.00 bits per heavy atom. The molecule has 0 unspecified atom stereocenters. The fourth-order valence-electron chi connectivity index (χ4n) is 1.81. The van der Waals surface area contributed by atoms with Crippen LogP contribution >= 0.6 is 11.8 Å². The van der Waals surface area contributed by atoms with Gasteiger partial charge in [-0.15, -0.1) is 0 Å². The number of carbonyl (C=O) groups is 1. The van der Waals surface area contributed by atoms with Gasteiger partial charge in [-0.2, -0.15) is 24.9 Å². The molecule has 2 heterocycles. The highest BCUT2D eigenvalue weighted by Gasteiger charge is 2.53.